The molecule has 0 fully saturated rings. The molecule has 0 aliphatic carbocycles. The lowest BCUT2D eigenvalue weighted by molar-refractivity contribution is 0.491. The SMILES string of the molecule is CCCn1c(CC(CCSC)NN)nc2ccccc21. The Labute approximate surface area is 125 Å². The van der Waals surface area contributed by atoms with E-state index in [1.807, 2.05) is 17.8 Å². The highest BCUT2D eigenvalue weighted by Crippen LogP contribution is 2.18. The summed E-state index contributed by atoms with van der Waals surface area (Å²) in [6, 6.07) is 8.63. The molecule has 1 atom stereocenters. The summed E-state index contributed by atoms with van der Waals surface area (Å²) in [5, 5.41) is 0. The first kappa shape index (κ1) is 15.4. The maximum Gasteiger partial charge on any atom is 0.111 e. The maximum atomic E-state index is 5.68. The van der Waals surface area contributed by atoms with Gasteiger partial charge in [-0.05, 0) is 37.0 Å². The van der Waals surface area contributed by atoms with Crippen molar-refractivity contribution in [1.29, 1.82) is 0 Å². The number of hydrazine groups is 1. The van der Waals surface area contributed by atoms with Crippen molar-refractivity contribution in [3.05, 3.63) is 30.1 Å². The molecule has 2 aromatic rings. The zero-order chi connectivity index (χ0) is 14.4. The lowest BCUT2D eigenvalue weighted by Crippen LogP contribution is -2.37. The van der Waals surface area contributed by atoms with Crippen LogP contribution >= 0.6 is 11.8 Å². The van der Waals surface area contributed by atoms with Crippen molar-refractivity contribution < 1.29 is 0 Å². The fourth-order valence-corrected chi connectivity index (χ4v) is 3.00. The van der Waals surface area contributed by atoms with Crippen LogP contribution in [0.5, 0.6) is 0 Å². The highest BCUT2D eigenvalue weighted by Gasteiger charge is 2.14. The highest BCUT2D eigenvalue weighted by atomic mass is 32.2. The summed E-state index contributed by atoms with van der Waals surface area (Å²) in [5.41, 5.74) is 5.24. The molecule has 1 unspecified atom stereocenters. The van der Waals surface area contributed by atoms with Crippen LogP contribution in [0.4, 0.5) is 0 Å². The van der Waals surface area contributed by atoms with Gasteiger partial charge in [-0.25, -0.2) is 4.98 Å². The molecule has 0 aliphatic heterocycles. The van der Waals surface area contributed by atoms with Gasteiger partial charge in [-0.1, -0.05) is 19.1 Å². The summed E-state index contributed by atoms with van der Waals surface area (Å²) < 4.78 is 2.33. The fourth-order valence-electron chi connectivity index (χ4n) is 2.48. The van der Waals surface area contributed by atoms with Gasteiger partial charge < -0.3 is 4.57 Å². The Morgan fingerprint density at radius 3 is 2.90 bits per heavy atom. The van der Waals surface area contributed by atoms with Crippen LogP contribution in [0.15, 0.2) is 24.3 Å². The fraction of sp³-hybridized carbons (Fsp3) is 0.533. The third-order valence-corrected chi connectivity index (χ3v) is 4.16. The molecule has 0 amide bonds. The molecule has 0 radical (unpaired) electrons. The molecule has 5 heteroatoms. The Kier molecular flexibility index (Phi) is 5.88. The largest absolute Gasteiger partial charge is 0.328 e. The van der Waals surface area contributed by atoms with Crippen LogP contribution < -0.4 is 11.3 Å². The number of rotatable bonds is 8. The first-order chi connectivity index (χ1) is 9.80. The second-order valence-corrected chi connectivity index (χ2v) is 6.00. The Balaban J connectivity index is 2.25. The van der Waals surface area contributed by atoms with Crippen molar-refractivity contribution in [2.24, 2.45) is 5.84 Å². The van der Waals surface area contributed by atoms with E-state index in [-0.39, 0.29) is 6.04 Å². The van der Waals surface area contributed by atoms with Gasteiger partial charge in [-0.15, -0.1) is 0 Å². The van der Waals surface area contributed by atoms with Gasteiger partial charge in [0.05, 0.1) is 11.0 Å². The number of imidazole rings is 1. The number of para-hydroxylation sites is 2. The molecule has 0 aliphatic rings. The number of aryl methyl sites for hydroxylation is 1. The van der Waals surface area contributed by atoms with E-state index in [1.54, 1.807) is 0 Å². The number of hydrogen-bond acceptors (Lipinski definition) is 4. The van der Waals surface area contributed by atoms with E-state index in [9.17, 15) is 0 Å². The molecule has 3 N–H and O–H groups in total. The number of nitrogens with zero attached hydrogens (tertiary/aromatic N) is 2. The minimum Gasteiger partial charge on any atom is -0.328 e. The van der Waals surface area contributed by atoms with Crippen molar-refractivity contribution in [3.63, 3.8) is 0 Å². The molecule has 2 rings (SSSR count). The van der Waals surface area contributed by atoms with E-state index in [0.717, 1.165) is 42.9 Å². The van der Waals surface area contributed by atoms with Crippen molar-refractivity contribution in [3.8, 4) is 0 Å². The van der Waals surface area contributed by atoms with Crippen LogP contribution in [0, 0.1) is 0 Å². The molecule has 1 aromatic carbocycles. The average molecular weight is 292 g/mol. The minimum atomic E-state index is 0.287. The number of nitrogens with two attached hydrogens (primary N) is 1. The summed E-state index contributed by atoms with van der Waals surface area (Å²) in [4.78, 5) is 4.79. The van der Waals surface area contributed by atoms with E-state index < -0.39 is 0 Å². The van der Waals surface area contributed by atoms with Gasteiger partial charge in [0.15, 0.2) is 0 Å². The third-order valence-electron chi connectivity index (χ3n) is 3.52. The van der Waals surface area contributed by atoms with Gasteiger partial charge in [0, 0.05) is 19.0 Å². The molecular formula is C15H24N4S. The normalized spacial score (nSPS) is 12.9. The first-order valence-corrected chi connectivity index (χ1v) is 8.58. The van der Waals surface area contributed by atoms with Gasteiger partial charge in [0.25, 0.3) is 0 Å². The first-order valence-electron chi connectivity index (χ1n) is 7.19. The molecule has 4 nitrogen and oxygen atoms in total. The van der Waals surface area contributed by atoms with Crippen LogP contribution in [0.2, 0.25) is 0 Å². The summed E-state index contributed by atoms with van der Waals surface area (Å²) >= 11 is 1.85. The van der Waals surface area contributed by atoms with Gasteiger partial charge in [-0.2, -0.15) is 11.8 Å². The zero-order valence-electron chi connectivity index (χ0n) is 12.3. The maximum absolute atomic E-state index is 5.68. The summed E-state index contributed by atoms with van der Waals surface area (Å²) in [5.74, 6) is 7.93. The topological polar surface area (TPSA) is 55.9 Å². The average Bonchev–Trinajstić information content (AvgIpc) is 2.82. The monoisotopic (exact) mass is 292 g/mol. The highest BCUT2D eigenvalue weighted by molar-refractivity contribution is 7.98. The number of aromatic nitrogens is 2. The number of benzene rings is 1. The minimum absolute atomic E-state index is 0.287. The molecule has 0 spiro atoms. The van der Waals surface area contributed by atoms with Crippen LogP contribution in [-0.2, 0) is 13.0 Å². The van der Waals surface area contributed by atoms with Crippen molar-refractivity contribution in [1.82, 2.24) is 15.0 Å². The van der Waals surface area contributed by atoms with Crippen molar-refractivity contribution in [2.75, 3.05) is 12.0 Å². The summed E-state index contributed by atoms with van der Waals surface area (Å²) in [6.45, 7) is 3.21. The van der Waals surface area contributed by atoms with E-state index >= 15 is 0 Å². The molecule has 20 heavy (non-hydrogen) atoms. The van der Waals surface area contributed by atoms with E-state index in [4.69, 9.17) is 10.8 Å². The number of fused-ring (bicyclic) bond motifs is 1. The number of hydrogen-bond donors (Lipinski definition) is 2. The van der Waals surface area contributed by atoms with Gasteiger partial charge >= 0.3 is 0 Å². The molecule has 1 aromatic heterocycles. The van der Waals surface area contributed by atoms with E-state index in [0.29, 0.717) is 0 Å². The molecule has 1 heterocycles. The molecular weight excluding hydrogens is 268 g/mol. The molecule has 0 bridgehead atoms. The van der Waals surface area contributed by atoms with Gasteiger partial charge in [0.2, 0.25) is 0 Å². The second-order valence-electron chi connectivity index (χ2n) is 5.02. The summed E-state index contributed by atoms with van der Waals surface area (Å²) in [7, 11) is 0. The Morgan fingerprint density at radius 1 is 1.40 bits per heavy atom. The van der Waals surface area contributed by atoms with Gasteiger partial charge in [-0.3, -0.25) is 11.3 Å². The van der Waals surface area contributed by atoms with Crippen LogP contribution in [0.1, 0.15) is 25.6 Å². The van der Waals surface area contributed by atoms with Crippen LogP contribution in [0.25, 0.3) is 11.0 Å². The molecule has 0 saturated heterocycles. The molecule has 0 saturated carbocycles. The molecule has 110 valence electrons. The third kappa shape index (κ3) is 3.53. The van der Waals surface area contributed by atoms with E-state index in [1.165, 1.54) is 5.52 Å². The van der Waals surface area contributed by atoms with E-state index in [2.05, 4.69) is 41.4 Å². The lowest BCUT2D eigenvalue weighted by Gasteiger charge is -2.16. The van der Waals surface area contributed by atoms with Gasteiger partial charge in [0.1, 0.15) is 5.82 Å². The van der Waals surface area contributed by atoms with Crippen molar-refractivity contribution in [2.45, 2.75) is 38.8 Å². The Bertz CT molecular complexity index is 538. The number of nitrogens with one attached hydrogen (secondary N) is 1. The smallest absolute Gasteiger partial charge is 0.111 e. The van der Waals surface area contributed by atoms with Crippen LogP contribution in [0.3, 0.4) is 0 Å². The quantitative estimate of drug-likeness (QED) is 0.580. The summed E-state index contributed by atoms with van der Waals surface area (Å²) in [6.07, 6.45) is 5.18. The standard InChI is InChI=1S/C15H24N4S/c1-3-9-19-14-7-5-4-6-13(14)17-15(19)11-12(18-16)8-10-20-2/h4-7,12,18H,3,8-11,16H2,1-2H3. The van der Waals surface area contributed by atoms with Crippen molar-refractivity contribution >= 4 is 22.8 Å². The predicted octanol–water partition coefficient (Wildman–Crippen LogP) is 2.57. The Hall–Kier alpha value is -1.04. The second kappa shape index (κ2) is 7.67. The number of thioether (sulfide) groups is 1. The Morgan fingerprint density at radius 2 is 2.20 bits per heavy atom. The van der Waals surface area contributed by atoms with Crippen LogP contribution in [-0.4, -0.2) is 27.6 Å². The predicted molar refractivity (Wildman–Crippen MR) is 87.8 cm³/mol. The zero-order valence-corrected chi connectivity index (χ0v) is 13.1. The lowest BCUT2D eigenvalue weighted by atomic mass is 10.1.